The zero-order valence-corrected chi connectivity index (χ0v) is 10.7. The first-order chi connectivity index (χ1) is 5.66. The topological polar surface area (TPSA) is 46.2 Å². The summed E-state index contributed by atoms with van der Waals surface area (Å²) in [7, 11) is 0. The van der Waals surface area contributed by atoms with Crippen molar-refractivity contribution in [1.29, 1.82) is 0 Å². The van der Waals surface area contributed by atoms with E-state index >= 15 is 0 Å². The summed E-state index contributed by atoms with van der Waals surface area (Å²) < 4.78 is 1.81. The summed E-state index contributed by atoms with van der Waals surface area (Å²) >= 11 is 4.25. The second kappa shape index (κ2) is 4.61. The van der Waals surface area contributed by atoms with Crippen molar-refractivity contribution in [3.63, 3.8) is 0 Å². The summed E-state index contributed by atoms with van der Waals surface area (Å²) in [6, 6.07) is 3.92. The summed E-state index contributed by atoms with van der Waals surface area (Å²) in [4.78, 5) is 0. The predicted octanol–water partition coefficient (Wildman–Crippen LogP) is 2.10. The Morgan fingerprint density at radius 3 is 2.58 bits per heavy atom. The Morgan fingerprint density at radius 2 is 2.00 bits per heavy atom. The monoisotopic (exact) mass is 389 g/mol. The van der Waals surface area contributed by atoms with E-state index < -0.39 is 0 Å². The summed E-state index contributed by atoms with van der Waals surface area (Å²) in [6.07, 6.45) is 0.822. The summed E-state index contributed by atoms with van der Waals surface area (Å²) in [5.41, 5.74) is 6.55. The van der Waals surface area contributed by atoms with Crippen LogP contribution in [0.25, 0.3) is 0 Å². The molecule has 0 saturated heterocycles. The highest BCUT2D eigenvalue weighted by Crippen LogP contribution is 2.28. The van der Waals surface area contributed by atoms with Gasteiger partial charge in [0.05, 0.1) is 7.14 Å². The molecule has 3 N–H and O–H groups in total. The molecule has 0 radical (unpaired) electrons. The van der Waals surface area contributed by atoms with Crippen LogP contribution in [0.4, 0.5) is 0 Å². The molecular formula is C8H9I2NO. The molecule has 66 valence electrons. The first kappa shape index (κ1) is 10.5. The second-order valence-electron chi connectivity index (χ2n) is 2.41. The number of nitrogens with two attached hydrogens (primary N) is 1. The number of phenolic OH excluding ortho intramolecular Hbond substituents is 1. The molecule has 0 amide bonds. The van der Waals surface area contributed by atoms with Crippen molar-refractivity contribution >= 4 is 45.2 Å². The molecule has 0 heterocycles. The first-order valence-corrected chi connectivity index (χ1v) is 5.68. The van der Waals surface area contributed by atoms with Crippen LogP contribution >= 0.6 is 45.2 Å². The van der Waals surface area contributed by atoms with E-state index in [-0.39, 0.29) is 0 Å². The lowest BCUT2D eigenvalue weighted by Crippen LogP contribution is -2.04. The number of halogens is 2. The van der Waals surface area contributed by atoms with E-state index in [2.05, 4.69) is 45.2 Å². The van der Waals surface area contributed by atoms with Crippen LogP contribution in [0.5, 0.6) is 5.75 Å². The van der Waals surface area contributed by atoms with Gasteiger partial charge in [0.2, 0.25) is 0 Å². The SMILES string of the molecule is NCCc1ccc(I)c(O)c1I. The van der Waals surface area contributed by atoms with Crippen LogP contribution in [0.3, 0.4) is 0 Å². The lowest BCUT2D eigenvalue weighted by Gasteiger charge is -2.05. The second-order valence-corrected chi connectivity index (χ2v) is 4.65. The minimum atomic E-state index is 0.377. The van der Waals surface area contributed by atoms with Crippen molar-refractivity contribution in [3.8, 4) is 5.75 Å². The number of benzene rings is 1. The van der Waals surface area contributed by atoms with Crippen LogP contribution in [0, 0.1) is 7.14 Å². The Bertz CT molecular complexity index is 289. The summed E-state index contributed by atoms with van der Waals surface area (Å²) in [6.45, 7) is 0.621. The van der Waals surface area contributed by atoms with Gasteiger partial charge in [0.15, 0.2) is 0 Å². The van der Waals surface area contributed by atoms with Crippen molar-refractivity contribution in [1.82, 2.24) is 0 Å². The molecule has 4 heteroatoms. The summed E-state index contributed by atoms with van der Waals surface area (Å²) in [5, 5.41) is 9.56. The van der Waals surface area contributed by atoms with Crippen LogP contribution in [0.15, 0.2) is 12.1 Å². The van der Waals surface area contributed by atoms with Gasteiger partial charge in [-0.05, 0) is 69.8 Å². The largest absolute Gasteiger partial charge is 0.506 e. The third-order valence-electron chi connectivity index (χ3n) is 1.56. The minimum absolute atomic E-state index is 0.377. The normalized spacial score (nSPS) is 10.2. The molecular weight excluding hydrogens is 380 g/mol. The molecule has 0 saturated carbocycles. The predicted molar refractivity (Wildman–Crippen MR) is 66.3 cm³/mol. The van der Waals surface area contributed by atoms with E-state index in [4.69, 9.17) is 5.73 Å². The van der Waals surface area contributed by atoms with Gasteiger partial charge in [-0.3, -0.25) is 0 Å². The number of phenols is 1. The zero-order valence-electron chi connectivity index (χ0n) is 6.35. The molecule has 1 aromatic rings. The standard InChI is InChI=1S/C8H9I2NO/c9-6-2-1-5(3-4-11)7(10)8(6)12/h1-2,12H,3-4,11H2. The number of hydrogen-bond donors (Lipinski definition) is 2. The van der Waals surface area contributed by atoms with E-state index in [9.17, 15) is 5.11 Å². The lowest BCUT2D eigenvalue weighted by molar-refractivity contribution is 0.466. The Morgan fingerprint density at radius 1 is 1.33 bits per heavy atom. The molecule has 0 fully saturated rings. The smallest absolute Gasteiger partial charge is 0.142 e. The zero-order chi connectivity index (χ0) is 9.14. The molecule has 0 aliphatic carbocycles. The minimum Gasteiger partial charge on any atom is -0.506 e. The van der Waals surface area contributed by atoms with Gasteiger partial charge in [0.25, 0.3) is 0 Å². The Balaban J connectivity index is 3.08. The Hall–Kier alpha value is 0.440. The number of aromatic hydroxyl groups is 1. The quantitative estimate of drug-likeness (QED) is 0.762. The van der Waals surface area contributed by atoms with E-state index in [0.717, 1.165) is 19.1 Å². The van der Waals surface area contributed by atoms with Crippen molar-refractivity contribution in [3.05, 3.63) is 24.8 Å². The Kier molecular flexibility index (Phi) is 4.04. The number of hydrogen-bond acceptors (Lipinski definition) is 2. The molecule has 2 nitrogen and oxygen atoms in total. The van der Waals surface area contributed by atoms with E-state index in [1.807, 2.05) is 12.1 Å². The molecule has 0 atom stereocenters. The fraction of sp³-hybridized carbons (Fsp3) is 0.250. The van der Waals surface area contributed by atoms with Gasteiger partial charge in [-0.1, -0.05) is 6.07 Å². The van der Waals surface area contributed by atoms with Gasteiger partial charge in [-0.25, -0.2) is 0 Å². The highest BCUT2D eigenvalue weighted by Gasteiger charge is 2.06. The van der Waals surface area contributed by atoms with Gasteiger partial charge in [-0.15, -0.1) is 0 Å². The average molecular weight is 389 g/mol. The highest BCUT2D eigenvalue weighted by molar-refractivity contribution is 14.1. The fourth-order valence-corrected chi connectivity index (χ4v) is 2.64. The van der Waals surface area contributed by atoms with Crippen LogP contribution in [-0.2, 0) is 6.42 Å². The molecule has 1 aromatic carbocycles. The maximum absolute atomic E-state index is 9.56. The molecule has 0 aliphatic heterocycles. The molecule has 12 heavy (non-hydrogen) atoms. The van der Waals surface area contributed by atoms with Crippen molar-refractivity contribution in [2.75, 3.05) is 6.54 Å². The third kappa shape index (κ3) is 2.23. The molecule has 0 unspecified atom stereocenters. The molecule has 1 rings (SSSR count). The maximum Gasteiger partial charge on any atom is 0.142 e. The van der Waals surface area contributed by atoms with Gasteiger partial charge in [0, 0.05) is 0 Å². The molecule has 0 aliphatic rings. The third-order valence-corrected chi connectivity index (χ3v) is 3.63. The highest BCUT2D eigenvalue weighted by atomic mass is 127. The van der Waals surface area contributed by atoms with Crippen molar-refractivity contribution in [2.45, 2.75) is 6.42 Å². The fourth-order valence-electron chi connectivity index (χ4n) is 0.931. The molecule has 0 bridgehead atoms. The Labute approximate surface area is 98.8 Å². The van der Waals surface area contributed by atoms with Crippen LogP contribution in [0.1, 0.15) is 5.56 Å². The first-order valence-electron chi connectivity index (χ1n) is 3.52. The van der Waals surface area contributed by atoms with Crippen LogP contribution in [-0.4, -0.2) is 11.7 Å². The van der Waals surface area contributed by atoms with Gasteiger partial charge >= 0.3 is 0 Å². The molecule has 0 spiro atoms. The van der Waals surface area contributed by atoms with Gasteiger partial charge in [0.1, 0.15) is 5.75 Å². The van der Waals surface area contributed by atoms with Gasteiger partial charge < -0.3 is 10.8 Å². The van der Waals surface area contributed by atoms with E-state index in [1.165, 1.54) is 0 Å². The molecule has 0 aromatic heterocycles. The van der Waals surface area contributed by atoms with Crippen molar-refractivity contribution < 1.29 is 5.11 Å². The summed E-state index contributed by atoms with van der Waals surface area (Å²) in [5.74, 6) is 0.377. The number of rotatable bonds is 2. The van der Waals surface area contributed by atoms with Gasteiger partial charge in [-0.2, -0.15) is 0 Å². The van der Waals surface area contributed by atoms with Crippen LogP contribution in [0.2, 0.25) is 0 Å². The van der Waals surface area contributed by atoms with Crippen molar-refractivity contribution in [2.24, 2.45) is 5.73 Å². The van der Waals surface area contributed by atoms with E-state index in [0.29, 0.717) is 12.3 Å². The average Bonchev–Trinajstić information content (AvgIpc) is 2.07. The maximum atomic E-state index is 9.56. The van der Waals surface area contributed by atoms with E-state index in [1.54, 1.807) is 0 Å². The van der Waals surface area contributed by atoms with Crippen LogP contribution < -0.4 is 5.73 Å². The lowest BCUT2D eigenvalue weighted by atomic mass is 10.1.